The topological polar surface area (TPSA) is 29.9 Å². The molecule has 0 bridgehead atoms. The molecule has 1 heterocycles. The highest BCUT2D eigenvalue weighted by molar-refractivity contribution is 5.17. The molecule has 0 aliphatic rings. The summed E-state index contributed by atoms with van der Waals surface area (Å²) in [4.78, 5) is 0. The van der Waals surface area contributed by atoms with Crippen LogP contribution in [0.15, 0.2) is 42.7 Å². The van der Waals surface area contributed by atoms with Crippen molar-refractivity contribution < 1.29 is 13.2 Å². The first kappa shape index (κ1) is 13.6. The van der Waals surface area contributed by atoms with Gasteiger partial charge in [0.2, 0.25) is 0 Å². The molecular weight excluding hydrogens is 255 g/mol. The lowest BCUT2D eigenvalue weighted by molar-refractivity contribution is -0.156. The van der Waals surface area contributed by atoms with Crippen LogP contribution in [0.1, 0.15) is 17.2 Å². The van der Waals surface area contributed by atoms with E-state index in [2.05, 4.69) is 10.4 Å². The van der Waals surface area contributed by atoms with E-state index in [9.17, 15) is 13.2 Å². The number of halogens is 3. The van der Waals surface area contributed by atoms with Crippen molar-refractivity contribution >= 4 is 0 Å². The molecule has 1 N–H and O–H groups in total. The lowest BCUT2D eigenvalue weighted by atomic mass is 10.1. The van der Waals surface area contributed by atoms with Crippen LogP contribution in [-0.4, -0.2) is 23.0 Å². The molecule has 2 aromatic rings. The second-order valence-corrected chi connectivity index (χ2v) is 4.22. The van der Waals surface area contributed by atoms with Gasteiger partial charge in [-0.3, -0.25) is 4.68 Å². The van der Waals surface area contributed by atoms with Gasteiger partial charge in [-0.15, -0.1) is 0 Å². The van der Waals surface area contributed by atoms with Gasteiger partial charge in [-0.1, -0.05) is 30.3 Å². The molecule has 2 rings (SSSR count). The zero-order chi connectivity index (χ0) is 13.9. The maximum Gasteiger partial charge on any atom is 0.408 e. The SMILES string of the molecule is CNC(c1cnn(Cc2ccccc2)c1)C(F)(F)F. The van der Waals surface area contributed by atoms with Crippen LogP contribution < -0.4 is 5.32 Å². The van der Waals surface area contributed by atoms with Crippen LogP contribution in [0.5, 0.6) is 0 Å². The first-order valence-corrected chi connectivity index (χ1v) is 5.81. The van der Waals surface area contributed by atoms with Crippen LogP contribution in [0.25, 0.3) is 0 Å². The van der Waals surface area contributed by atoms with E-state index in [0.717, 1.165) is 5.56 Å². The number of rotatable bonds is 4. The van der Waals surface area contributed by atoms with E-state index in [0.29, 0.717) is 6.54 Å². The second kappa shape index (κ2) is 5.44. The summed E-state index contributed by atoms with van der Waals surface area (Å²) in [6.45, 7) is 0.454. The number of nitrogens with zero attached hydrogens (tertiary/aromatic N) is 2. The van der Waals surface area contributed by atoms with E-state index >= 15 is 0 Å². The molecule has 0 amide bonds. The van der Waals surface area contributed by atoms with Gasteiger partial charge in [0.15, 0.2) is 0 Å². The highest BCUT2D eigenvalue weighted by Crippen LogP contribution is 2.31. The smallest absolute Gasteiger partial charge is 0.305 e. The van der Waals surface area contributed by atoms with Gasteiger partial charge in [0.1, 0.15) is 6.04 Å². The Bertz CT molecular complexity index is 519. The Labute approximate surface area is 109 Å². The highest BCUT2D eigenvalue weighted by Gasteiger charge is 2.40. The van der Waals surface area contributed by atoms with Gasteiger partial charge in [0.25, 0.3) is 0 Å². The maximum atomic E-state index is 12.7. The molecule has 1 atom stereocenters. The summed E-state index contributed by atoms with van der Waals surface area (Å²) in [5.74, 6) is 0. The summed E-state index contributed by atoms with van der Waals surface area (Å²) in [5.41, 5.74) is 1.11. The normalized spacial score (nSPS) is 13.5. The quantitative estimate of drug-likeness (QED) is 0.925. The van der Waals surface area contributed by atoms with Gasteiger partial charge in [0.05, 0.1) is 12.7 Å². The van der Waals surface area contributed by atoms with Crippen molar-refractivity contribution in [2.24, 2.45) is 0 Å². The monoisotopic (exact) mass is 269 g/mol. The first-order chi connectivity index (χ1) is 9.00. The predicted octanol–water partition coefficient (Wildman–Crippen LogP) is 2.75. The van der Waals surface area contributed by atoms with Gasteiger partial charge in [-0.25, -0.2) is 0 Å². The molecule has 0 saturated carbocycles. The fraction of sp³-hybridized carbons (Fsp3) is 0.308. The van der Waals surface area contributed by atoms with Crippen molar-refractivity contribution in [3.05, 3.63) is 53.9 Å². The van der Waals surface area contributed by atoms with Crippen LogP contribution in [0.2, 0.25) is 0 Å². The second-order valence-electron chi connectivity index (χ2n) is 4.22. The molecule has 1 unspecified atom stereocenters. The molecule has 0 fully saturated rings. The van der Waals surface area contributed by atoms with E-state index in [1.54, 1.807) is 0 Å². The molecule has 1 aromatic carbocycles. The number of nitrogens with one attached hydrogen (secondary N) is 1. The van der Waals surface area contributed by atoms with Crippen LogP contribution in [0.3, 0.4) is 0 Å². The molecule has 3 nitrogen and oxygen atoms in total. The zero-order valence-corrected chi connectivity index (χ0v) is 10.4. The Balaban J connectivity index is 2.15. The Morgan fingerprint density at radius 2 is 1.95 bits per heavy atom. The summed E-state index contributed by atoms with van der Waals surface area (Å²) < 4.78 is 39.7. The van der Waals surface area contributed by atoms with E-state index < -0.39 is 12.2 Å². The number of alkyl halides is 3. The molecule has 0 spiro atoms. The van der Waals surface area contributed by atoms with Crippen molar-refractivity contribution in [3.63, 3.8) is 0 Å². The lowest BCUT2D eigenvalue weighted by Crippen LogP contribution is -2.31. The average molecular weight is 269 g/mol. The van der Waals surface area contributed by atoms with Gasteiger partial charge >= 0.3 is 6.18 Å². The number of benzene rings is 1. The minimum Gasteiger partial charge on any atom is -0.305 e. The summed E-state index contributed by atoms with van der Waals surface area (Å²) in [7, 11) is 1.28. The zero-order valence-electron chi connectivity index (χ0n) is 10.4. The van der Waals surface area contributed by atoms with E-state index in [1.165, 1.54) is 24.1 Å². The first-order valence-electron chi connectivity index (χ1n) is 5.81. The average Bonchev–Trinajstić information content (AvgIpc) is 2.77. The Kier molecular flexibility index (Phi) is 3.90. The minimum absolute atomic E-state index is 0.117. The fourth-order valence-corrected chi connectivity index (χ4v) is 1.90. The maximum absolute atomic E-state index is 12.7. The number of hydrogen-bond donors (Lipinski definition) is 1. The van der Waals surface area contributed by atoms with Crippen molar-refractivity contribution in [2.45, 2.75) is 18.8 Å². The summed E-state index contributed by atoms with van der Waals surface area (Å²) in [6, 6.07) is 7.77. The highest BCUT2D eigenvalue weighted by atomic mass is 19.4. The molecule has 0 radical (unpaired) electrons. The van der Waals surface area contributed by atoms with E-state index in [-0.39, 0.29) is 5.56 Å². The molecule has 0 aliphatic heterocycles. The van der Waals surface area contributed by atoms with Crippen molar-refractivity contribution in [1.82, 2.24) is 15.1 Å². The van der Waals surface area contributed by atoms with Crippen LogP contribution in [-0.2, 0) is 6.54 Å². The third-order valence-electron chi connectivity index (χ3n) is 2.79. The molecule has 19 heavy (non-hydrogen) atoms. The Morgan fingerprint density at radius 3 is 2.53 bits per heavy atom. The van der Waals surface area contributed by atoms with E-state index in [1.807, 2.05) is 30.3 Å². The van der Waals surface area contributed by atoms with Crippen molar-refractivity contribution in [2.75, 3.05) is 7.05 Å². The third kappa shape index (κ3) is 3.35. The van der Waals surface area contributed by atoms with Gasteiger partial charge in [0, 0.05) is 11.8 Å². The summed E-state index contributed by atoms with van der Waals surface area (Å²) in [6.07, 6.45) is -1.66. The van der Waals surface area contributed by atoms with Crippen LogP contribution in [0.4, 0.5) is 13.2 Å². The van der Waals surface area contributed by atoms with Crippen LogP contribution >= 0.6 is 0 Å². The molecule has 0 aliphatic carbocycles. The van der Waals surface area contributed by atoms with Gasteiger partial charge in [-0.05, 0) is 12.6 Å². The molecule has 0 saturated heterocycles. The Hall–Kier alpha value is -1.82. The van der Waals surface area contributed by atoms with Crippen molar-refractivity contribution in [1.29, 1.82) is 0 Å². The lowest BCUT2D eigenvalue weighted by Gasteiger charge is -2.17. The fourth-order valence-electron chi connectivity index (χ4n) is 1.90. The molecular formula is C13H14F3N3. The third-order valence-corrected chi connectivity index (χ3v) is 2.79. The molecule has 1 aromatic heterocycles. The summed E-state index contributed by atoms with van der Waals surface area (Å²) >= 11 is 0. The largest absolute Gasteiger partial charge is 0.408 e. The molecule has 6 heteroatoms. The van der Waals surface area contributed by atoms with E-state index in [4.69, 9.17) is 0 Å². The number of aromatic nitrogens is 2. The van der Waals surface area contributed by atoms with Gasteiger partial charge in [-0.2, -0.15) is 18.3 Å². The van der Waals surface area contributed by atoms with Crippen LogP contribution in [0, 0.1) is 0 Å². The number of hydrogen-bond acceptors (Lipinski definition) is 2. The predicted molar refractivity (Wildman–Crippen MR) is 65.6 cm³/mol. The standard InChI is InChI=1S/C13H14F3N3/c1-17-12(13(14,15)16)11-7-18-19(9-11)8-10-5-3-2-4-6-10/h2-7,9,12,17H,8H2,1H3. The van der Waals surface area contributed by atoms with Gasteiger partial charge < -0.3 is 5.32 Å². The van der Waals surface area contributed by atoms with Crippen molar-refractivity contribution in [3.8, 4) is 0 Å². The minimum atomic E-state index is -4.32. The molecule has 102 valence electrons. The summed E-state index contributed by atoms with van der Waals surface area (Å²) in [5, 5.41) is 6.23. The Morgan fingerprint density at radius 1 is 1.26 bits per heavy atom.